The Labute approximate surface area is 118 Å². The molecular weight excluding hydrogens is 257 g/mol. The zero-order chi connectivity index (χ0) is 13.8. The normalized spacial score (nSPS) is 10.7. The molecule has 2 aromatic rings. The second kappa shape index (κ2) is 6.22. The molecule has 19 heavy (non-hydrogen) atoms. The third-order valence-electron chi connectivity index (χ3n) is 2.94. The summed E-state index contributed by atoms with van der Waals surface area (Å²) in [5.74, 6) is -0.185. The first-order valence-corrected chi connectivity index (χ1v) is 7.10. The summed E-state index contributed by atoms with van der Waals surface area (Å²) in [6.45, 7) is 4.87. The lowest BCUT2D eigenvalue weighted by atomic mass is 10.2. The summed E-state index contributed by atoms with van der Waals surface area (Å²) in [4.78, 5) is 2.32. The number of nitrogens with one attached hydrogen (secondary N) is 1. The Morgan fingerprint density at radius 1 is 1.05 bits per heavy atom. The van der Waals surface area contributed by atoms with Gasteiger partial charge >= 0.3 is 0 Å². The van der Waals surface area contributed by atoms with Crippen molar-refractivity contribution in [3.05, 3.63) is 58.9 Å². The van der Waals surface area contributed by atoms with E-state index >= 15 is 0 Å². The van der Waals surface area contributed by atoms with E-state index in [-0.39, 0.29) is 5.82 Å². The van der Waals surface area contributed by atoms with Crippen molar-refractivity contribution in [2.45, 2.75) is 30.2 Å². The predicted molar refractivity (Wildman–Crippen MR) is 79.2 cm³/mol. The van der Waals surface area contributed by atoms with Gasteiger partial charge in [0, 0.05) is 16.3 Å². The molecule has 0 saturated heterocycles. The Bertz CT molecular complexity index is 581. The van der Waals surface area contributed by atoms with Crippen LogP contribution in [0, 0.1) is 19.7 Å². The van der Waals surface area contributed by atoms with Crippen LogP contribution in [-0.2, 0) is 6.54 Å². The number of benzene rings is 2. The number of hydrogen-bond donors (Lipinski definition) is 1. The topological polar surface area (TPSA) is 12.0 Å². The highest BCUT2D eigenvalue weighted by atomic mass is 32.2. The van der Waals surface area contributed by atoms with Crippen molar-refractivity contribution < 1.29 is 4.39 Å². The second-order valence-electron chi connectivity index (χ2n) is 4.65. The molecule has 0 heterocycles. The van der Waals surface area contributed by atoms with E-state index in [0.717, 1.165) is 10.5 Å². The Balaban J connectivity index is 2.32. The molecule has 0 atom stereocenters. The quantitative estimate of drug-likeness (QED) is 0.892. The molecule has 0 spiro atoms. The fourth-order valence-corrected chi connectivity index (χ4v) is 3.00. The maximum atomic E-state index is 13.3. The molecule has 0 aromatic heterocycles. The molecule has 1 nitrogen and oxygen atoms in total. The lowest BCUT2D eigenvalue weighted by Gasteiger charge is -2.11. The van der Waals surface area contributed by atoms with Crippen molar-refractivity contribution in [3.63, 3.8) is 0 Å². The lowest BCUT2D eigenvalue weighted by Crippen LogP contribution is -2.06. The van der Waals surface area contributed by atoms with Gasteiger partial charge in [0.15, 0.2) is 0 Å². The van der Waals surface area contributed by atoms with Gasteiger partial charge in [-0.05, 0) is 56.3 Å². The zero-order valence-electron chi connectivity index (χ0n) is 11.5. The Morgan fingerprint density at radius 2 is 1.79 bits per heavy atom. The van der Waals surface area contributed by atoms with Crippen LogP contribution in [0.1, 0.15) is 16.7 Å². The van der Waals surface area contributed by atoms with Crippen LogP contribution < -0.4 is 5.32 Å². The van der Waals surface area contributed by atoms with Crippen LogP contribution in [0.25, 0.3) is 0 Å². The third kappa shape index (κ3) is 3.58. The molecule has 100 valence electrons. The van der Waals surface area contributed by atoms with Gasteiger partial charge in [-0.1, -0.05) is 29.5 Å². The first-order valence-electron chi connectivity index (χ1n) is 6.28. The highest BCUT2D eigenvalue weighted by Gasteiger charge is 2.07. The maximum absolute atomic E-state index is 13.3. The van der Waals surface area contributed by atoms with Crippen molar-refractivity contribution in [1.29, 1.82) is 0 Å². The summed E-state index contributed by atoms with van der Waals surface area (Å²) in [5.41, 5.74) is 3.51. The SMILES string of the molecule is CNCc1cc(F)ccc1Sc1ccc(C)cc1C. The third-order valence-corrected chi connectivity index (χ3v) is 4.24. The smallest absolute Gasteiger partial charge is 0.123 e. The van der Waals surface area contributed by atoms with Crippen LogP contribution in [-0.4, -0.2) is 7.05 Å². The van der Waals surface area contributed by atoms with E-state index in [1.165, 1.54) is 22.1 Å². The minimum absolute atomic E-state index is 0.185. The van der Waals surface area contributed by atoms with E-state index < -0.39 is 0 Å². The Kier molecular flexibility index (Phi) is 4.61. The molecule has 3 heteroatoms. The van der Waals surface area contributed by atoms with Gasteiger partial charge in [0.05, 0.1) is 0 Å². The van der Waals surface area contributed by atoms with Gasteiger partial charge in [-0.2, -0.15) is 0 Å². The highest BCUT2D eigenvalue weighted by Crippen LogP contribution is 2.33. The number of hydrogen-bond acceptors (Lipinski definition) is 2. The number of rotatable bonds is 4. The average molecular weight is 275 g/mol. The van der Waals surface area contributed by atoms with E-state index in [1.807, 2.05) is 13.1 Å². The van der Waals surface area contributed by atoms with Crippen LogP contribution >= 0.6 is 11.8 Å². The van der Waals surface area contributed by atoms with E-state index in [4.69, 9.17) is 0 Å². The molecule has 0 aliphatic heterocycles. The van der Waals surface area contributed by atoms with Gasteiger partial charge in [-0.15, -0.1) is 0 Å². The maximum Gasteiger partial charge on any atom is 0.123 e. The van der Waals surface area contributed by atoms with E-state index in [9.17, 15) is 4.39 Å². The molecule has 0 unspecified atom stereocenters. The molecular formula is C16H18FNS. The second-order valence-corrected chi connectivity index (χ2v) is 5.74. The first-order chi connectivity index (χ1) is 9.10. The van der Waals surface area contributed by atoms with Crippen LogP contribution in [0.4, 0.5) is 4.39 Å². The fraction of sp³-hybridized carbons (Fsp3) is 0.250. The zero-order valence-corrected chi connectivity index (χ0v) is 12.3. The predicted octanol–water partition coefficient (Wildman–Crippen LogP) is 4.31. The summed E-state index contributed by atoms with van der Waals surface area (Å²) < 4.78 is 13.3. The van der Waals surface area contributed by atoms with E-state index in [2.05, 4.69) is 37.4 Å². The van der Waals surface area contributed by atoms with Crippen LogP contribution in [0.2, 0.25) is 0 Å². The molecule has 0 aliphatic rings. The van der Waals surface area contributed by atoms with E-state index in [1.54, 1.807) is 17.8 Å². The fourth-order valence-electron chi connectivity index (χ4n) is 2.01. The summed E-state index contributed by atoms with van der Waals surface area (Å²) >= 11 is 1.69. The molecule has 0 aliphatic carbocycles. The van der Waals surface area contributed by atoms with Crippen LogP contribution in [0.3, 0.4) is 0 Å². The molecule has 1 N–H and O–H groups in total. The summed E-state index contributed by atoms with van der Waals surface area (Å²) in [5, 5.41) is 3.08. The van der Waals surface area contributed by atoms with Crippen LogP contribution in [0.5, 0.6) is 0 Å². The Hall–Kier alpha value is -1.32. The van der Waals surface area contributed by atoms with Crippen LogP contribution in [0.15, 0.2) is 46.2 Å². The molecule has 2 rings (SSSR count). The monoisotopic (exact) mass is 275 g/mol. The molecule has 0 saturated carbocycles. The molecule has 0 fully saturated rings. The van der Waals surface area contributed by atoms with E-state index in [0.29, 0.717) is 6.54 Å². The minimum atomic E-state index is -0.185. The standard InChI is InChI=1S/C16H18FNS/c1-11-4-6-15(12(2)8-11)19-16-7-5-14(17)9-13(16)10-18-3/h4-9,18H,10H2,1-3H3. The van der Waals surface area contributed by atoms with Crippen molar-refractivity contribution in [3.8, 4) is 0 Å². The van der Waals surface area contributed by atoms with Crippen molar-refractivity contribution in [2.75, 3.05) is 7.05 Å². The summed E-state index contributed by atoms with van der Waals surface area (Å²) in [6, 6.07) is 11.4. The number of halogens is 1. The summed E-state index contributed by atoms with van der Waals surface area (Å²) in [6.07, 6.45) is 0. The lowest BCUT2D eigenvalue weighted by molar-refractivity contribution is 0.621. The largest absolute Gasteiger partial charge is 0.316 e. The van der Waals surface area contributed by atoms with Gasteiger partial charge in [0.25, 0.3) is 0 Å². The highest BCUT2D eigenvalue weighted by molar-refractivity contribution is 7.99. The van der Waals surface area contributed by atoms with Gasteiger partial charge in [0.2, 0.25) is 0 Å². The van der Waals surface area contributed by atoms with Crippen molar-refractivity contribution in [1.82, 2.24) is 5.32 Å². The van der Waals surface area contributed by atoms with Gasteiger partial charge in [0.1, 0.15) is 5.82 Å². The molecule has 0 amide bonds. The van der Waals surface area contributed by atoms with Gasteiger partial charge in [-0.3, -0.25) is 0 Å². The molecule has 0 radical (unpaired) electrons. The summed E-state index contributed by atoms with van der Waals surface area (Å²) in [7, 11) is 1.87. The van der Waals surface area contributed by atoms with Crippen molar-refractivity contribution in [2.24, 2.45) is 0 Å². The molecule has 0 bridgehead atoms. The first kappa shape index (κ1) is 14.1. The van der Waals surface area contributed by atoms with Crippen molar-refractivity contribution >= 4 is 11.8 Å². The number of aryl methyl sites for hydroxylation is 2. The van der Waals surface area contributed by atoms with Gasteiger partial charge < -0.3 is 5.32 Å². The Morgan fingerprint density at radius 3 is 2.47 bits per heavy atom. The minimum Gasteiger partial charge on any atom is -0.316 e. The van der Waals surface area contributed by atoms with Gasteiger partial charge in [-0.25, -0.2) is 4.39 Å². The molecule has 2 aromatic carbocycles. The average Bonchev–Trinajstić information content (AvgIpc) is 2.36.